The summed E-state index contributed by atoms with van der Waals surface area (Å²) in [5.74, 6) is 1.54. The lowest BCUT2D eigenvalue weighted by molar-refractivity contribution is 0.0697. The molecule has 1 unspecified atom stereocenters. The second-order valence-electron chi connectivity index (χ2n) is 9.89. The zero-order valence-electron chi connectivity index (χ0n) is 19.6. The van der Waals surface area contributed by atoms with E-state index in [1.807, 2.05) is 29.5 Å². The molecule has 8 nitrogen and oxygen atoms in total. The van der Waals surface area contributed by atoms with Crippen LogP contribution < -0.4 is 0 Å². The zero-order chi connectivity index (χ0) is 22.5. The summed E-state index contributed by atoms with van der Waals surface area (Å²) in [6.07, 6.45) is 1.85. The lowest BCUT2D eigenvalue weighted by Crippen LogP contribution is -2.39. The molecule has 166 valence electrons. The van der Waals surface area contributed by atoms with E-state index in [9.17, 15) is 4.79 Å². The Morgan fingerprint density at radius 1 is 1.23 bits per heavy atom. The molecule has 0 spiro atoms. The van der Waals surface area contributed by atoms with Gasteiger partial charge in [-0.1, -0.05) is 19.0 Å². The molecule has 0 saturated carbocycles. The molecular formula is C23H32N6O2. The Kier molecular flexibility index (Phi) is 5.35. The minimum atomic E-state index is -0.235. The molecule has 31 heavy (non-hydrogen) atoms. The van der Waals surface area contributed by atoms with Gasteiger partial charge in [0.1, 0.15) is 0 Å². The summed E-state index contributed by atoms with van der Waals surface area (Å²) in [5, 5.41) is 9.53. The normalized spacial score (nSPS) is 17.7. The molecule has 4 rings (SSSR count). The minimum absolute atomic E-state index is 0.0202. The number of aromatic nitrogens is 5. The number of fused-ring (bicyclic) bond motifs is 1. The van der Waals surface area contributed by atoms with E-state index >= 15 is 0 Å². The first-order valence-corrected chi connectivity index (χ1v) is 11.1. The highest BCUT2D eigenvalue weighted by atomic mass is 16.5. The van der Waals surface area contributed by atoms with Gasteiger partial charge in [-0.05, 0) is 59.4 Å². The summed E-state index contributed by atoms with van der Waals surface area (Å²) in [5.41, 5.74) is 2.96. The Morgan fingerprint density at radius 2 is 1.97 bits per heavy atom. The summed E-state index contributed by atoms with van der Waals surface area (Å²) in [7, 11) is 0. The number of piperidine rings is 1. The highest BCUT2D eigenvalue weighted by Gasteiger charge is 2.32. The maximum atomic E-state index is 13.8. The van der Waals surface area contributed by atoms with Crippen molar-refractivity contribution in [1.82, 2.24) is 29.8 Å². The van der Waals surface area contributed by atoms with Crippen LogP contribution in [0.2, 0.25) is 0 Å². The van der Waals surface area contributed by atoms with E-state index in [0.29, 0.717) is 23.8 Å². The number of carbonyl (C=O) groups excluding carboxylic acids is 1. The average Bonchev–Trinajstić information content (AvgIpc) is 3.30. The number of nitrogens with zero attached hydrogens (tertiary/aromatic N) is 6. The van der Waals surface area contributed by atoms with Gasteiger partial charge in [-0.25, -0.2) is 9.67 Å². The molecule has 0 aliphatic carbocycles. The fourth-order valence-corrected chi connectivity index (χ4v) is 4.25. The summed E-state index contributed by atoms with van der Waals surface area (Å²) >= 11 is 0. The first kappa shape index (κ1) is 21.5. The molecule has 3 aromatic rings. The van der Waals surface area contributed by atoms with Crippen LogP contribution in [-0.2, 0) is 5.54 Å². The maximum Gasteiger partial charge on any atom is 0.254 e. The first-order valence-electron chi connectivity index (χ1n) is 11.1. The average molecular weight is 425 g/mol. The summed E-state index contributed by atoms with van der Waals surface area (Å²) in [6, 6.07) is 1.96. The lowest BCUT2D eigenvalue weighted by Gasteiger charge is -2.31. The Bertz CT molecular complexity index is 1120. The van der Waals surface area contributed by atoms with E-state index in [-0.39, 0.29) is 23.3 Å². The van der Waals surface area contributed by atoms with Crippen LogP contribution in [0.4, 0.5) is 0 Å². The number of rotatable bonds is 3. The largest absolute Gasteiger partial charge is 0.339 e. The van der Waals surface area contributed by atoms with Gasteiger partial charge in [0.25, 0.3) is 5.91 Å². The van der Waals surface area contributed by atoms with Crippen molar-refractivity contribution in [2.45, 2.75) is 78.7 Å². The van der Waals surface area contributed by atoms with Gasteiger partial charge in [0, 0.05) is 18.8 Å². The predicted octanol–water partition coefficient (Wildman–Crippen LogP) is 4.33. The molecule has 1 saturated heterocycles. The van der Waals surface area contributed by atoms with Crippen molar-refractivity contribution in [2.75, 3.05) is 13.1 Å². The van der Waals surface area contributed by atoms with Crippen molar-refractivity contribution in [2.24, 2.45) is 0 Å². The van der Waals surface area contributed by atoms with Crippen molar-refractivity contribution < 1.29 is 9.32 Å². The van der Waals surface area contributed by atoms with E-state index in [4.69, 9.17) is 14.6 Å². The van der Waals surface area contributed by atoms with Crippen LogP contribution in [0.5, 0.6) is 0 Å². The number of hydrogen-bond acceptors (Lipinski definition) is 6. The predicted molar refractivity (Wildman–Crippen MR) is 118 cm³/mol. The Balaban J connectivity index is 1.77. The molecule has 1 atom stereocenters. The lowest BCUT2D eigenvalue weighted by atomic mass is 9.96. The van der Waals surface area contributed by atoms with Crippen molar-refractivity contribution in [3.8, 4) is 0 Å². The highest BCUT2D eigenvalue weighted by molar-refractivity contribution is 6.06. The monoisotopic (exact) mass is 424 g/mol. The van der Waals surface area contributed by atoms with E-state index in [1.165, 1.54) is 0 Å². The topological polar surface area (TPSA) is 89.9 Å². The Hall–Kier alpha value is -2.77. The van der Waals surface area contributed by atoms with Crippen LogP contribution in [0.1, 0.15) is 92.8 Å². The van der Waals surface area contributed by atoms with Crippen molar-refractivity contribution >= 4 is 16.9 Å². The number of likely N-dealkylation sites (tertiary alicyclic amines) is 1. The standard InChI is InChI=1S/C23H32N6O2/c1-13(2)18-11-17(19-14(3)26-29(20(19)25-18)23(5,6)7)22(30)28-10-8-9-16(12-28)21-24-15(4)27-31-21/h11,13,16H,8-10,12H2,1-7H3. The van der Waals surface area contributed by atoms with E-state index in [0.717, 1.165) is 41.8 Å². The zero-order valence-corrected chi connectivity index (χ0v) is 19.6. The number of pyridine rings is 1. The number of hydrogen-bond donors (Lipinski definition) is 0. The van der Waals surface area contributed by atoms with Crippen LogP contribution in [0.15, 0.2) is 10.6 Å². The molecule has 0 radical (unpaired) electrons. The molecule has 0 N–H and O–H groups in total. The van der Waals surface area contributed by atoms with Crippen LogP contribution in [0.25, 0.3) is 11.0 Å². The second-order valence-corrected chi connectivity index (χ2v) is 9.89. The molecule has 0 aromatic carbocycles. The van der Waals surface area contributed by atoms with Gasteiger partial charge >= 0.3 is 0 Å². The van der Waals surface area contributed by atoms with Crippen molar-refractivity contribution in [3.63, 3.8) is 0 Å². The van der Waals surface area contributed by atoms with Gasteiger partial charge in [0.05, 0.1) is 28.1 Å². The summed E-state index contributed by atoms with van der Waals surface area (Å²) in [6.45, 7) is 15.6. The molecular weight excluding hydrogens is 392 g/mol. The van der Waals surface area contributed by atoms with Crippen molar-refractivity contribution in [1.29, 1.82) is 0 Å². The highest BCUT2D eigenvalue weighted by Crippen LogP contribution is 2.32. The SMILES string of the molecule is Cc1noc(C2CCCN(C(=O)c3cc(C(C)C)nc4c3c(C)nn4C(C)(C)C)C2)n1. The van der Waals surface area contributed by atoms with Gasteiger partial charge in [-0.2, -0.15) is 10.1 Å². The number of carbonyl (C=O) groups is 1. The second kappa shape index (κ2) is 7.73. The van der Waals surface area contributed by atoms with Gasteiger partial charge in [-0.15, -0.1) is 0 Å². The number of aryl methyl sites for hydroxylation is 2. The Labute approximate surface area is 183 Å². The number of amides is 1. The summed E-state index contributed by atoms with van der Waals surface area (Å²) < 4.78 is 7.34. The third-order valence-electron chi connectivity index (χ3n) is 5.89. The van der Waals surface area contributed by atoms with Crippen LogP contribution >= 0.6 is 0 Å². The molecule has 1 aliphatic rings. The van der Waals surface area contributed by atoms with E-state index in [1.54, 1.807) is 0 Å². The Morgan fingerprint density at radius 3 is 2.58 bits per heavy atom. The summed E-state index contributed by atoms with van der Waals surface area (Å²) in [4.78, 5) is 25.0. The third kappa shape index (κ3) is 3.95. The molecule has 4 heterocycles. The fraction of sp³-hybridized carbons (Fsp3) is 0.609. The molecule has 0 bridgehead atoms. The fourth-order valence-electron chi connectivity index (χ4n) is 4.25. The van der Waals surface area contributed by atoms with E-state index < -0.39 is 0 Å². The minimum Gasteiger partial charge on any atom is -0.339 e. The quantitative estimate of drug-likeness (QED) is 0.622. The van der Waals surface area contributed by atoms with Gasteiger partial charge in [0.15, 0.2) is 11.5 Å². The van der Waals surface area contributed by atoms with Crippen LogP contribution in [-0.4, -0.2) is 48.8 Å². The van der Waals surface area contributed by atoms with Crippen molar-refractivity contribution in [3.05, 3.63) is 34.7 Å². The van der Waals surface area contributed by atoms with Crippen LogP contribution in [0, 0.1) is 13.8 Å². The smallest absolute Gasteiger partial charge is 0.254 e. The van der Waals surface area contributed by atoms with Crippen LogP contribution in [0.3, 0.4) is 0 Å². The third-order valence-corrected chi connectivity index (χ3v) is 5.89. The molecule has 1 amide bonds. The molecule has 1 fully saturated rings. The van der Waals surface area contributed by atoms with Gasteiger partial charge < -0.3 is 9.42 Å². The molecule has 8 heteroatoms. The molecule has 1 aliphatic heterocycles. The maximum absolute atomic E-state index is 13.8. The first-order chi connectivity index (χ1) is 14.6. The van der Waals surface area contributed by atoms with Gasteiger partial charge in [-0.3, -0.25) is 4.79 Å². The molecule has 3 aromatic heterocycles. The van der Waals surface area contributed by atoms with Gasteiger partial charge in [0.2, 0.25) is 5.89 Å². The van der Waals surface area contributed by atoms with E-state index in [2.05, 4.69) is 44.8 Å².